The Morgan fingerprint density at radius 3 is 2.67 bits per heavy atom. The summed E-state index contributed by atoms with van der Waals surface area (Å²) in [6, 6.07) is 0.512. The number of pyridine rings is 1. The van der Waals surface area contributed by atoms with Crippen LogP contribution in [0.5, 0.6) is 5.75 Å². The summed E-state index contributed by atoms with van der Waals surface area (Å²) in [5.41, 5.74) is 1.32. The van der Waals surface area contributed by atoms with Crippen molar-refractivity contribution in [3.8, 4) is 5.75 Å². The maximum atomic E-state index is 14.1. The van der Waals surface area contributed by atoms with Crippen LogP contribution in [0.3, 0.4) is 0 Å². The maximum Gasteiger partial charge on any atom is 0.408 e. The number of amides is 2. The van der Waals surface area contributed by atoms with Gasteiger partial charge in [-0.1, -0.05) is 40.5 Å². The molecule has 0 unspecified atom stereocenters. The van der Waals surface area contributed by atoms with E-state index >= 15 is 0 Å². The van der Waals surface area contributed by atoms with E-state index in [0.29, 0.717) is 12.3 Å². The van der Waals surface area contributed by atoms with Crippen LogP contribution in [-0.4, -0.2) is 62.9 Å². The summed E-state index contributed by atoms with van der Waals surface area (Å²) in [5.74, 6) is 0.628. The Bertz CT molecular complexity index is 1230. The minimum Gasteiger partial charge on any atom is -0.488 e. The van der Waals surface area contributed by atoms with Crippen molar-refractivity contribution in [3.05, 3.63) is 30.2 Å². The van der Waals surface area contributed by atoms with Crippen molar-refractivity contribution in [2.24, 2.45) is 17.3 Å². The molecule has 2 aromatic heterocycles. The zero-order valence-electron chi connectivity index (χ0n) is 23.8. The molecule has 5 rings (SSSR count). The molecule has 212 valence electrons. The number of nitrogens with one attached hydrogen (secondary N) is 1. The quantitative estimate of drug-likeness (QED) is 0.602. The highest BCUT2D eigenvalue weighted by atomic mass is 16.6. The third kappa shape index (κ3) is 5.77. The van der Waals surface area contributed by atoms with Crippen LogP contribution in [-0.2, 0) is 20.7 Å². The monoisotopic (exact) mass is 538 g/mol. The van der Waals surface area contributed by atoms with Crippen molar-refractivity contribution < 1.29 is 23.9 Å². The summed E-state index contributed by atoms with van der Waals surface area (Å²) < 4.78 is 14.4. The van der Waals surface area contributed by atoms with Gasteiger partial charge in [0.05, 0.1) is 12.6 Å². The van der Waals surface area contributed by atoms with Gasteiger partial charge in [-0.05, 0) is 50.4 Å². The van der Waals surface area contributed by atoms with E-state index in [2.05, 4.69) is 16.5 Å². The second-order valence-electron chi connectivity index (χ2n) is 12.6. The fourth-order valence-electron chi connectivity index (χ4n) is 6.35. The Hall–Kier alpha value is -3.10. The number of carbonyl (C=O) groups excluding carboxylic acids is 3. The van der Waals surface area contributed by atoms with Gasteiger partial charge < -0.3 is 24.1 Å². The van der Waals surface area contributed by atoms with E-state index in [4.69, 9.17) is 9.47 Å². The summed E-state index contributed by atoms with van der Waals surface area (Å²) in [6.07, 6.45) is 11.4. The van der Waals surface area contributed by atoms with Gasteiger partial charge in [-0.25, -0.2) is 9.78 Å². The average molecular weight is 539 g/mol. The molecule has 1 N–H and O–H groups in total. The molecule has 4 heterocycles. The number of aryl methyl sites for hydroxylation is 1. The topological polar surface area (TPSA) is 102 Å². The van der Waals surface area contributed by atoms with Gasteiger partial charge in [0.1, 0.15) is 29.6 Å². The van der Waals surface area contributed by atoms with Crippen LogP contribution in [0.2, 0.25) is 0 Å². The predicted molar refractivity (Wildman–Crippen MR) is 146 cm³/mol. The van der Waals surface area contributed by atoms with E-state index in [1.807, 2.05) is 44.4 Å². The van der Waals surface area contributed by atoms with Gasteiger partial charge in [0.25, 0.3) is 0 Å². The summed E-state index contributed by atoms with van der Waals surface area (Å²) >= 11 is 0. The fraction of sp³-hybridized carbons (Fsp3) is 0.667. The van der Waals surface area contributed by atoms with Gasteiger partial charge in [0.2, 0.25) is 5.91 Å². The van der Waals surface area contributed by atoms with Crippen LogP contribution in [0, 0.1) is 17.3 Å². The lowest BCUT2D eigenvalue weighted by atomic mass is 9.85. The SMILES string of the molecule is CC[C@@H]1[C@@H]2CN(C(=O)[C@H](C(C)(C)C)NC(=O)O[C@@H]3C[C@H]3CCCCCc3cn4ccnc4cc3O2)[C@@H]1C(C)=O. The number of carbonyl (C=O) groups is 3. The standard InChI is InChI=1S/C30H42N4O5/c1-6-21-24-17-34(26(21)18(2)35)28(36)27(30(3,4)5)32-29(37)39-22-14-19(22)10-8-7-9-11-20-16-33-13-12-31-25(33)15-23(20)38-24/h12-13,15-16,19,21-22,24,26-27H,6-11,14,17H2,1-5H3,(H,32,37)/t19-,21-,22-,24+,26-,27-/m1/s1. The molecule has 2 aromatic rings. The lowest BCUT2D eigenvalue weighted by Crippen LogP contribution is -2.57. The third-order valence-corrected chi connectivity index (χ3v) is 8.63. The molecule has 6 atom stereocenters. The highest BCUT2D eigenvalue weighted by Crippen LogP contribution is 2.39. The number of hydrogen-bond donors (Lipinski definition) is 1. The number of Topliss-reactive ketones (excluding diaryl/α,β-unsaturated/α-hetero) is 1. The van der Waals surface area contributed by atoms with Crippen LogP contribution in [0.15, 0.2) is 24.7 Å². The van der Waals surface area contributed by atoms with Gasteiger partial charge in [0.15, 0.2) is 5.78 Å². The number of nitrogens with zero attached hydrogens (tertiary/aromatic N) is 3. The predicted octanol–water partition coefficient (Wildman–Crippen LogP) is 4.55. The van der Waals surface area contributed by atoms with Crippen molar-refractivity contribution >= 4 is 23.4 Å². The first-order valence-electron chi connectivity index (χ1n) is 14.5. The van der Waals surface area contributed by atoms with E-state index < -0.39 is 23.6 Å². The summed E-state index contributed by atoms with van der Waals surface area (Å²) in [4.78, 5) is 46.0. The van der Waals surface area contributed by atoms with Crippen LogP contribution < -0.4 is 10.1 Å². The third-order valence-electron chi connectivity index (χ3n) is 8.63. The molecular weight excluding hydrogens is 496 g/mol. The lowest BCUT2D eigenvalue weighted by Gasteiger charge is -2.35. The van der Waals surface area contributed by atoms with Gasteiger partial charge in [-0.15, -0.1) is 0 Å². The number of aromatic nitrogens is 2. The number of ketones is 1. The van der Waals surface area contributed by atoms with E-state index in [1.54, 1.807) is 11.1 Å². The van der Waals surface area contributed by atoms with Crippen molar-refractivity contribution in [2.45, 2.75) is 104 Å². The molecule has 2 fully saturated rings. The molecule has 0 radical (unpaired) electrons. The molecular formula is C30H42N4O5. The minimum absolute atomic E-state index is 0.0767. The molecule has 0 spiro atoms. The van der Waals surface area contributed by atoms with Gasteiger partial charge in [-0.3, -0.25) is 9.59 Å². The first-order valence-corrected chi connectivity index (χ1v) is 14.5. The number of imidazole rings is 1. The number of ether oxygens (including phenoxy) is 2. The van der Waals surface area contributed by atoms with E-state index in [0.717, 1.165) is 55.5 Å². The maximum absolute atomic E-state index is 14.1. The number of hydrogen-bond acceptors (Lipinski definition) is 6. The number of rotatable bonds is 2. The summed E-state index contributed by atoms with van der Waals surface area (Å²) in [5, 5.41) is 2.86. The Balaban J connectivity index is 1.51. The molecule has 9 heteroatoms. The largest absolute Gasteiger partial charge is 0.488 e. The second-order valence-corrected chi connectivity index (χ2v) is 12.6. The lowest BCUT2D eigenvalue weighted by molar-refractivity contribution is -0.141. The minimum atomic E-state index is -0.837. The summed E-state index contributed by atoms with van der Waals surface area (Å²) in [6.45, 7) is 9.58. The molecule has 9 nitrogen and oxygen atoms in total. The molecule has 39 heavy (non-hydrogen) atoms. The normalized spacial score (nSPS) is 30.3. The van der Waals surface area contributed by atoms with Crippen LogP contribution in [0.1, 0.15) is 78.7 Å². The molecule has 1 saturated carbocycles. The first kappa shape index (κ1) is 27.5. The molecule has 2 amide bonds. The molecule has 1 aliphatic carbocycles. The van der Waals surface area contributed by atoms with Gasteiger partial charge >= 0.3 is 6.09 Å². The van der Waals surface area contributed by atoms with Crippen molar-refractivity contribution in [1.29, 1.82) is 0 Å². The van der Waals surface area contributed by atoms with Crippen molar-refractivity contribution in [2.75, 3.05) is 6.54 Å². The molecule has 1 saturated heterocycles. The molecule has 2 bridgehead atoms. The van der Waals surface area contributed by atoms with Crippen LogP contribution in [0.4, 0.5) is 4.79 Å². The summed E-state index contributed by atoms with van der Waals surface area (Å²) in [7, 11) is 0. The Labute approximate surface area is 230 Å². The van der Waals surface area contributed by atoms with Crippen molar-refractivity contribution in [1.82, 2.24) is 19.6 Å². The first-order chi connectivity index (χ1) is 18.6. The van der Waals surface area contributed by atoms with Gasteiger partial charge in [-0.2, -0.15) is 0 Å². The zero-order chi connectivity index (χ0) is 27.9. The molecule has 3 aliphatic rings. The van der Waals surface area contributed by atoms with E-state index in [9.17, 15) is 14.4 Å². The highest BCUT2D eigenvalue weighted by molar-refractivity contribution is 5.92. The van der Waals surface area contributed by atoms with E-state index in [-0.39, 0.29) is 36.4 Å². The molecule has 0 aromatic carbocycles. The Morgan fingerprint density at radius 1 is 1.15 bits per heavy atom. The number of fused-ring (bicyclic) bond motifs is 5. The Kier molecular flexibility index (Phi) is 7.62. The molecule has 2 aliphatic heterocycles. The second kappa shape index (κ2) is 10.8. The van der Waals surface area contributed by atoms with E-state index in [1.165, 1.54) is 6.92 Å². The zero-order valence-corrected chi connectivity index (χ0v) is 23.8. The smallest absolute Gasteiger partial charge is 0.408 e. The van der Waals surface area contributed by atoms with Gasteiger partial charge in [0, 0.05) is 36.1 Å². The average Bonchev–Trinajstić information content (AvgIpc) is 3.26. The van der Waals surface area contributed by atoms with Crippen molar-refractivity contribution in [3.63, 3.8) is 0 Å². The van der Waals surface area contributed by atoms with Crippen LogP contribution >= 0.6 is 0 Å². The fourth-order valence-corrected chi connectivity index (χ4v) is 6.35. The number of alkyl carbamates (subject to hydrolysis) is 1. The van der Waals surface area contributed by atoms with Crippen LogP contribution in [0.25, 0.3) is 5.65 Å². The Morgan fingerprint density at radius 2 is 1.95 bits per heavy atom. The highest BCUT2D eigenvalue weighted by Gasteiger charge is 2.50.